The Morgan fingerprint density at radius 3 is 2.38 bits per heavy atom. The molecule has 3 amide bonds. The van der Waals surface area contributed by atoms with E-state index in [4.69, 9.17) is 9.47 Å². The summed E-state index contributed by atoms with van der Waals surface area (Å²) in [5.41, 5.74) is 3.36. The summed E-state index contributed by atoms with van der Waals surface area (Å²) in [6, 6.07) is 14.1. The Balaban J connectivity index is 1.62. The molecular formula is C26H31N3O5. The molecule has 2 fully saturated rings. The zero-order valence-electron chi connectivity index (χ0n) is 19.8. The van der Waals surface area contributed by atoms with Gasteiger partial charge >= 0.3 is 6.09 Å². The maximum absolute atomic E-state index is 13.6. The van der Waals surface area contributed by atoms with E-state index >= 15 is 0 Å². The van der Waals surface area contributed by atoms with Crippen molar-refractivity contribution in [2.24, 2.45) is 5.92 Å². The Kier molecular flexibility index (Phi) is 7.17. The number of nitrogens with zero attached hydrogens (tertiary/aromatic N) is 2. The fourth-order valence-corrected chi connectivity index (χ4v) is 4.18. The fraction of sp³-hybridized carbons (Fsp3) is 0.423. The second kappa shape index (κ2) is 10.3. The molecule has 0 radical (unpaired) electrons. The van der Waals surface area contributed by atoms with Crippen LogP contribution in [0.2, 0.25) is 0 Å². The molecule has 8 nitrogen and oxygen atoms in total. The van der Waals surface area contributed by atoms with E-state index in [0.29, 0.717) is 37.6 Å². The zero-order valence-corrected chi connectivity index (χ0v) is 19.8. The number of carbonyl (C=O) groups is 3. The van der Waals surface area contributed by atoms with Gasteiger partial charge in [0.05, 0.1) is 19.8 Å². The van der Waals surface area contributed by atoms with E-state index in [0.717, 1.165) is 11.1 Å². The zero-order chi connectivity index (χ0) is 24.2. The number of morpholine rings is 1. The van der Waals surface area contributed by atoms with E-state index in [2.05, 4.69) is 5.32 Å². The number of aryl methyl sites for hydroxylation is 1. The van der Waals surface area contributed by atoms with Crippen molar-refractivity contribution in [3.05, 3.63) is 65.2 Å². The number of carbonyl (C=O) groups excluding carboxylic acids is 3. The standard InChI is InChI=1S/C26H31N3O5/c1-17(2)24(30)27-21-10-8-19(9-11-21)23-22(25(31)28-12-14-33-15-13-28)29(26(32)34-23)16-20-7-5-4-6-18(20)3/h4-11,17,22-23H,12-16H2,1-3H3,(H,27,30). The first-order valence-corrected chi connectivity index (χ1v) is 11.6. The number of hydrogen-bond acceptors (Lipinski definition) is 5. The topological polar surface area (TPSA) is 88.2 Å². The van der Waals surface area contributed by atoms with Gasteiger partial charge in [0.2, 0.25) is 11.8 Å². The van der Waals surface area contributed by atoms with Crippen molar-refractivity contribution >= 4 is 23.6 Å². The molecule has 0 aliphatic carbocycles. The molecule has 2 unspecified atom stereocenters. The summed E-state index contributed by atoms with van der Waals surface area (Å²) in [4.78, 5) is 41.9. The molecule has 1 N–H and O–H groups in total. The van der Waals surface area contributed by atoms with Gasteiger partial charge in [-0.1, -0.05) is 50.2 Å². The lowest BCUT2D eigenvalue weighted by Gasteiger charge is -2.33. The molecule has 0 spiro atoms. The third-order valence-electron chi connectivity index (χ3n) is 6.29. The van der Waals surface area contributed by atoms with Crippen molar-refractivity contribution in [2.75, 3.05) is 31.6 Å². The fourth-order valence-electron chi connectivity index (χ4n) is 4.18. The van der Waals surface area contributed by atoms with Gasteiger partial charge in [-0.25, -0.2) is 4.79 Å². The summed E-state index contributed by atoms with van der Waals surface area (Å²) in [5, 5.41) is 2.86. The highest BCUT2D eigenvalue weighted by Crippen LogP contribution is 2.36. The number of nitrogens with one attached hydrogen (secondary N) is 1. The minimum absolute atomic E-state index is 0.0789. The molecule has 0 aromatic heterocycles. The largest absolute Gasteiger partial charge is 0.438 e. The maximum Gasteiger partial charge on any atom is 0.411 e. The van der Waals surface area contributed by atoms with Crippen molar-refractivity contribution in [2.45, 2.75) is 39.5 Å². The Labute approximate surface area is 199 Å². The number of ether oxygens (including phenoxy) is 2. The molecule has 180 valence electrons. The van der Waals surface area contributed by atoms with Gasteiger partial charge in [0.25, 0.3) is 0 Å². The van der Waals surface area contributed by atoms with Crippen molar-refractivity contribution in [3.63, 3.8) is 0 Å². The Bertz CT molecular complexity index is 1050. The van der Waals surface area contributed by atoms with Gasteiger partial charge in [-0.2, -0.15) is 0 Å². The smallest absolute Gasteiger partial charge is 0.411 e. The molecule has 34 heavy (non-hydrogen) atoms. The first-order valence-electron chi connectivity index (χ1n) is 11.6. The quantitative estimate of drug-likeness (QED) is 0.705. The van der Waals surface area contributed by atoms with Crippen LogP contribution >= 0.6 is 0 Å². The predicted molar refractivity (Wildman–Crippen MR) is 127 cm³/mol. The minimum Gasteiger partial charge on any atom is -0.438 e. The second-order valence-electron chi connectivity index (χ2n) is 9.01. The third-order valence-corrected chi connectivity index (χ3v) is 6.29. The average molecular weight is 466 g/mol. The highest BCUT2D eigenvalue weighted by atomic mass is 16.6. The molecule has 8 heteroatoms. The van der Waals surface area contributed by atoms with Gasteiger partial charge in [0.1, 0.15) is 0 Å². The molecule has 2 heterocycles. The van der Waals surface area contributed by atoms with E-state index < -0.39 is 18.2 Å². The van der Waals surface area contributed by atoms with Gasteiger partial charge in [-0.05, 0) is 35.7 Å². The lowest BCUT2D eigenvalue weighted by atomic mass is 9.99. The van der Waals surface area contributed by atoms with Crippen LogP contribution in [0.15, 0.2) is 48.5 Å². The second-order valence-corrected chi connectivity index (χ2v) is 9.01. The monoisotopic (exact) mass is 465 g/mol. The molecule has 2 aliphatic rings. The van der Waals surface area contributed by atoms with E-state index in [-0.39, 0.29) is 24.3 Å². The van der Waals surface area contributed by atoms with Gasteiger partial charge in [-0.3, -0.25) is 14.5 Å². The van der Waals surface area contributed by atoms with E-state index in [1.54, 1.807) is 29.2 Å². The molecule has 0 saturated carbocycles. The lowest BCUT2D eigenvalue weighted by Crippen LogP contribution is -2.51. The summed E-state index contributed by atoms with van der Waals surface area (Å²) in [5.74, 6) is -0.365. The first-order chi connectivity index (χ1) is 16.3. The Hall–Kier alpha value is -3.39. The van der Waals surface area contributed by atoms with Crippen LogP contribution in [0.3, 0.4) is 0 Å². The maximum atomic E-state index is 13.6. The van der Waals surface area contributed by atoms with Crippen LogP contribution in [-0.2, 0) is 25.6 Å². The summed E-state index contributed by atoms with van der Waals surface area (Å²) >= 11 is 0. The molecule has 2 aromatic carbocycles. The molecule has 2 aliphatic heterocycles. The molecule has 2 aromatic rings. The third kappa shape index (κ3) is 5.07. The number of hydrogen-bond donors (Lipinski definition) is 1. The molecule has 0 bridgehead atoms. The van der Waals surface area contributed by atoms with E-state index in [1.807, 2.05) is 45.0 Å². The van der Waals surface area contributed by atoms with Crippen molar-refractivity contribution in [1.82, 2.24) is 9.80 Å². The van der Waals surface area contributed by atoms with Crippen molar-refractivity contribution < 1.29 is 23.9 Å². The van der Waals surface area contributed by atoms with Crippen molar-refractivity contribution in [3.8, 4) is 0 Å². The normalized spacial score (nSPS) is 20.4. The van der Waals surface area contributed by atoms with Gasteiger partial charge in [0.15, 0.2) is 12.1 Å². The van der Waals surface area contributed by atoms with E-state index in [1.165, 1.54) is 4.90 Å². The van der Waals surface area contributed by atoms with Gasteiger partial charge in [-0.15, -0.1) is 0 Å². The van der Waals surface area contributed by atoms with Crippen LogP contribution in [0.4, 0.5) is 10.5 Å². The van der Waals surface area contributed by atoms with Crippen LogP contribution in [0.25, 0.3) is 0 Å². The van der Waals surface area contributed by atoms with Crippen LogP contribution in [0, 0.1) is 12.8 Å². The summed E-state index contributed by atoms with van der Waals surface area (Å²) in [7, 11) is 0. The number of benzene rings is 2. The van der Waals surface area contributed by atoms with E-state index in [9.17, 15) is 14.4 Å². The molecule has 4 rings (SSSR count). The summed E-state index contributed by atoms with van der Waals surface area (Å²) in [6.07, 6.45) is -1.27. The van der Waals surface area contributed by atoms with Crippen LogP contribution in [-0.4, -0.2) is 60.1 Å². The number of anilines is 1. The SMILES string of the molecule is Cc1ccccc1CN1C(=O)OC(c2ccc(NC(=O)C(C)C)cc2)C1C(=O)N1CCOCC1. The minimum atomic E-state index is -0.790. The number of amides is 3. The summed E-state index contributed by atoms with van der Waals surface area (Å²) in [6.45, 7) is 7.82. The molecule has 2 atom stereocenters. The van der Waals surface area contributed by atoms with Gasteiger partial charge < -0.3 is 19.7 Å². The predicted octanol–water partition coefficient (Wildman–Crippen LogP) is 3.51. The lowest BCUT2D eigenvalue weighted by molar-refractivity contribution is -0.141. The highest BCUT2D eigenvalue weighted by Gasteiger charge is 2.48. The Morgan fingerprint density at radius 1 is 1.06 bits per heavy atom. The molecular weight excluding hydrogens is 434 g/mol. The van der Waals surface area contributed by atoms with Crippen molar-refractivity contribution in [1.29, 1.82) is 0 Å². The Morgan fingerprint density at radius 2 is 1.74 bits per heavy atom. The first kappa shape index (κ1) is 23.8. The van der Waals surface area contributed by atoms with Gasteiger partial charge in [0, 0.05) is 24.7 Å². The number of rotatable bonds is 6. The van der Waals surface area contributed by atoms with Crippen LogP contribution in [0.5, 0.6) is 0 Å². The number of cyclic esters (lactones) is 1. The molecule has 2 saturated heterocycles. The highest BCUT2D eigenvalue weighted by molar-refractivity contribution is 5.92. The van der Waals surface area contributed by atoms with Crippen LogP contribution in [0.1, 0.15) is 36.6 Å². The average Bonchev–Trinajstić information content (AvgIpc) is 3.16. The van der Waals surface area contributed by atoms with Crippen LogP contribution < -0.4 is 5.32 Å². The summed E-state index contributed by atoms with van der Waals surface area (Å²) < 4.78 is 11.2.